The monoisotopic (exact) mass is 256 g/mol. The van der Waals surface area contributed by atoms with Gasteiger partial charge in [-0.25, -0.2) is 0 Å². The Balaban J connectivity index is 0.00000196. The van der Waals surface area contributed by atoms with Crippen LogP contribution in [-0.4, -0.2) is 4.98 Å². The van der Waals surface area contributed by atoms with E-state index in [1.807, 2.05) is 0 Å². The number of aromatic nitrogens is 1. The number of hydrogen-bond acceptors (Lipinski definition) is 2. The Morgan fingerprint density at radius 1 is 1.47 bits per heavy atom. The van der Waals surface area contributed by atoms with Crippen LogP contribution in [0, 0.1) is 11.3 Å². The first-order valence-electron chi connectivity index (χ1n) is 3.53. The number of nitrogens with zero attached hydrogens (tertiary/aromatic N) is 2. The Bertz CT molecular complexity index is 384. The molecule has 0 radical (unpaired) electrons. The van der Waals surface area contributed by atoms with Gasteiger partial charge in [0.1, 0.15) is 0 Å². The zero-order chi connectivity index (χ0) is 10.8. The van der Waals surface area contributed by atoms with Crippen molar-refractivity contribution in [1.29, 1.82) is 5.26 Å². The quantitative estimate of drug-likeness (QED) is 0.774. The third kappa shape index (κ3) is 3.57. The van der Waals surface area contributed by atoms with E-state index in [-0.39, 0.29) is 29.5 Å². The summed E-state index contributed by atoms with van der Waals surface area (Å²) in [6.07, 6.45) is -3.89. The third-order valence-electron chi connectivity index (χ3n) is 1.49. The summed E-state index contributed by atoms with van der Waals surface area (Å²) in [7, 11) is 0. The average Bonchev–Trinajstić information content (AvgIpc) is 2.07. The summed E-state index contributed by atoms with van der Waals surface area (Å²) in [6.45, 7) is 0. The summed E-state index contributed by atoms with van der Waals surface area (Å²) in [5.74, 6) is 0. The smallest absolute Gasteiger partial charge is 0.258 e. The zero-order valence-corrected chi connectivity index (χ0v) is 8.75. The van der Waals surface area contributed by atoms with Crippen LogP contribution in [0.2, 0.25) is 5.02 Å². The Morgan fingerprint density at radius 2 is 2.07 bits per heavy atom. The molecule has 1 aromatic rings. The molecule has 0 aliphatic carbocycles. The highest BCUT2D eigenvalue weighted by Crippen LogP contribution is 2.30. The molecular weight excluding hydrogens is 252 g/mol. The summed E-state index contributed by atoms with van der Waals surface area (Å²) < 4.78 is 36.4. The normalized spacial score (nSPS) is 10.3. The van der Waals surface area contributed by atoms with Crippen LogP contribution in [0.1, 0.15) is 11.3 Å². The molecule has 0 bridgehead atoms. The molecule has 1 aromatic heterocycles. The van der Waals surface area contributed by atoms with Crippen LogP contribution >= 0.6 is 24.0 Å². The molecular formula is C8H5Cl2F3N2. The minimum atomic E-state index is -4.46. The van der Waals surface area contributed by atoms with E-state index < -0.39 is 11.7 Å². The van der Waals surface area contributed by atoms with E-state index in [9.17, 15) is 13.2 Å². The molecule has 0 fully saturated rings. The lowest BCUT2D eigenvalue weighted by atomic mass is 10.2. The molecule has 1 heterocycles. The predicted molar refractivity (Wildman–Crippen MR) is 50.8 cm³/mol. The molecule has 82 valence electrons. The highest BCUT2D eigenvalue weighted by Gasteiger charge is 2.31. The molecule has 15 heavy (non-hydrogen) atoms. The maximum absolute atomic E-state index is 12.1. The van der Waals surface area contributed by atoms with E-state index in [2.05, 4.69) is 4.98 Å². The molecule has 0 aliphatic rings. The second kappa shape index (κ2) is 5.19. The van der Waals surface area contributed by atoms with Crippen molar-refractivity contribution in [1.82, 2.24) is 4.98 Å². The number of nitriles is 1. The second-order valence-corrected chi connectivity index (χ2v) is 2.89. The van der Waals surface area contributed by atoms with E-state index in [0.717, 1.165) is 6.07 Å². The van der Waals surface area contributed by atoms with E-state index in [1.54, 1.807) is 6.07 Å². The van der Waals surface area contributed by atoms with Gasteiger partial charge in [0.15, 0.2) is 0 Å². The fourth-order valence-corrected chi connectivity index (χ4v) is 1.06. The fraction of sp³-hybridized carbons (Fsp3) is 0.250. The standard InChI is InChI=1S/C8H4ClF3N2.ClH/c9-6-3-5(8(10,11)12)4-14-7(6)1-2-13;/h3-4H,1H2;1H. The Hall–Kier alpha value is -0.990. The topological polar surface area (TPSA) is 36.7 Å². The lowest BCUT2D eigenvalue weighted by Gasteiger charge is -2.07. The molecule has 0 unspecified atom stereocenters. The summed E-state index contributed by atoms with van der Waals surface area (Å²) in [4.78, 5) is 3.46. The average molecular weight is 257 g/mol. The summed E-state index contributed by atoms with van der Waals surface area (Å²) in [5, 5.41) is 8.16. The number of pyridine rings is 1. The fourth-order valence-electron chi connectivity index (χ4n) is 0.826. The van der Waals surface area contributed by atoms with Gasteiger partial charge in [-0.3, -0.25) is 4.98 Å². The van der Waals surface area contributed by atoms with Gasteiger partial charge in [-0.2, -0.15) is 18.4 Å². The molecule has 1 rings (SSSR count). The lowest BCUT2D eigenvalue weighted by Crippen LogP contribution is -2.06. The van der Waals surface area contributed by atoms with Gasteiger partial charge in [-0.05, 0) is 6.07 Å². The maximum Gasteiger partial charge on any atom is 0.417 e. The molecule has 0 aromatic carbocycles. The van der Waals surface area contributed by atoms with Gasteiger partial charge in [-0.15, -0.1) is 12.4 Å². The second-order valence-electron chi connectivity index (χ2n) is 2.49. The van der Waals surface area contributed by atoms with Gasteiger partial charge < -0.3 is 0 Å². The Kier molecular flexibility index (Phi) is 4.85. The molecule has 0 atom stereocenters. The van der Waals surface area contributed by atoms with Crippen LogP contribution in [0.4, 0.5) is 13.2 Å². The SMILES string of the molecule is Cl.N#CCc1ncc(C(F)(F)F)cc1Cl. The molecule has 0 saturated heterocycles. The van der Waals surface area contributed by atoms with Crippen molar-refractivity contribution in [3.63, 3.8) is 0 Å². The van der Waals surface area contributed by atoms with Crippen LogP contribution in [-0.2, 0) is 12.6 Å². The van der Waals surface area contributed by atoms with Gasteiger partial charge in [0.2, 0.25) is 0 Å². The van der Waals surface area contributed by atoms with Crippen LogP contribution in [0.5, 0.6) is 0 Å². The molecule has 2 nitrogen and oxygen atoms in total. The van der Waals surface area contributed by atoms with Gasteiger partial charge in [0.25, 0.3) is 0 Å². The first-order chi connectivity index (χ1) is 6.45. The van der Waals surface area contributed by atoms with Crippen molar-refractivity contribution in [2.24, 2.45) is 0 Å². The van der Waals surface area contributed by atoms with Crippen molar-refractivity contribution < 1.29 is 13.2 Å². The molecule has 7 heteroatoms. The van der Waals surface area contributed by atoms with Crippen LogP contribution in [0.15, 0.2) is 12.3 Å². The summed E-state index contributed by atoms with van der Waals surface area (Å²) in [5.41, 5.74) is -0.758. The predicted octanol–water partition coefficient (Wildman–Crippen LogP) is 3.24. The van der Waals surface area contributed by atoms with E-state index in [4.69, 9.17) is 16.9 Å². The largest absolute Gasteiger partial charge is 0.417 e. The minimum Gasteiger partial charge on any atom is -0.258 e. The highest BCUT2D eigenvalue weighted by atomic mass is 35.5. The first-order valence-corrected chi connectivity index (χ1v) is 3.91. The van der Waals surface area contributed by atoms with E-state index in [1.165, 1.54) is 0 Å². The Labute approximate surface area is 95.1 Å². The van der Waals surface area contributed by atoms with Crippen molar-refractivity contribution in [3.05, 3.63) is 28.5 Å². The van der Waals surface area contributed by atoms with Crippen molar-refractivity contribution in [2.75, 3.05) is 0 Å². The van der Waals surface area contributed by atoms with Crippen molar-refractivity contribution in [3.8, 4) is 6.07 Å². The molecule has 0 aliphatic heterocycles. The van der Waals surface area contributed by atoms with E-state index >= 15 is 0 Å². The van der Waals surface area contributed by atoms with Crippen LogP contribution in [0.3, 0.4) is 0 Å². The number of hydrogen-bond donors (Lipinski definition) is 0. The molecule has 0 spiro atoms. The summed E-state index contributed by atoms with van der Waals surface area (Å²) in [6, 6.07) is 2.52. The van der Waals surface area contributed by atoms with Gasteiger partial charge in [-0.1, -0.05) is 11.6 Å². The van der Waals surface area contributed by atoms with E-state index in [0.29, 0.717) is 6.20 Å². The number of rotatable bonds is 1. The van der Waals surface area contributed by atoms with Crippen molar-refractivity contribution in [2.45, 2.75) is 12.6 Å². The van der Waals surface area contributed by atoms with Crippen LogP contribution < -0.4 is 0 Å². The van der Waals surface area contributed by atoms with Gasteiger partial charge in [0, 0.05) is 6.20 Å². The third-order valence-corrected chi connectivity index (χ3v) is 1.82. The minimum absolute atomic E-state index is 0. The molecule has 0 saturated carbocycles. The van der Waals surface area contributed by atoms with Gasteiger partial charge in [0.05, 0.1) is 28.8 Å². The number of alkyl halides is 3. The van der Waals surface area contributed by atoms with Crippen LogP contribution in [0.25, 0.3) is 0 Å². The maximum atomic E-state index is 12.1. The lowest BCUT2D eigenvalue weighted by molar-refractivity contribution is -0.137. The molecule has 0 amide bonds. The van der Waals surface area contributed by atoms with Gasteiger partial charge >= 0.3 is 6.18 Å². The highest BCUT2D eigenvalue weighted by molar-refractivity contribution is 6.31. The van der Waals surface area contributed by atoms with Crippen molar-refractivity contribution >= 4 is 24.0 Å². The first kappa shape index (κ1) is 14.0. The zero-order valence-electron chi connectivity index (χ0n) is 7.18. The molecule has 0 N–H and O–H groups in total. The number of halogens is 5. The summed E-state index contributed by atoms with van der Waals surface area (Å²) >= 11 is 5.50. The Morgan fingerprint density at radius 3 is 2.47 bits per heavy atom.